The normalized spacial score (nSPS) is 12.8. The Labute approximate surface area is 196 Å². The Kier molecular flexibility index (Phi) is 8.41. The van der Waals surface area contributed by atoms with Gasteiger partial charge in [0.15, 0.2) is 0 Å². The average Bonchev–Trinajstić information content (AvgIpc) is 2.82. The second-order valence-electron chi connectivity index (χ2n) is 7.16. The number of aromatic nitrogens is 2. The van der Waals surface area contributed by atoms with Crippen LogP contribution in [-0.4, -0.2) is 45.3 Å². The van der Waals surface area contributed by atoms with E-state index < -0.39 is 6.04 Å². The van der Waals surface area contributed by atoms with E-state index in [2.05, 4.69) is 20.6 Å². The zero-order valence-corrected chi connectivity index (χ0v) is 18.9. The Balaban J connectivity index is 1.76. The van der Waals surface area contributed by atoms with Crippen molar-refractivity contribution >= 4 is 35.1 Å². The van der Waals surface area contributed by atoms with Gasteiger partial charge in [-0.05, 0) is 36.2 Å². The summed E-state index contributed by atoms with van der Waals surface area (Å²) in [5.41, 5.74) is 2.36. The number of hydrogen-bond acceptors (Lipinski definition) is 6. The maximum absolute atomic E-state index is 12.7. The molecule has 9 heteroatoms. The van der Waals surface area contributed by atoms with Crippen LogP contribution in [0.5, 0.6) is 0 Å². The average molecular weight is 475 g/mol. The fraction of sp³-hybridized carbons (Fsp3) is 0.261. The summed E-state index contributed by atoms with van der Waals surface area (Å²) in [7, 11) is 0. The van der Waals surface area contributed by atoms with E-state index in [9.17, 15) is 15.0 Å². The molecule has 0 bridgehead atoms. The molecule has 168 valence electrons. The number of halogens is 2. The van der Waals surface area contributed by atoms with Crippen molar-refractivity contribution in [3.05, 3.63) is 75.9 Å². The lowest BCUT2D eigenvalue weighted by molar-refractivity contribution is 0.0916. The maximum atomic E-state index is 12.7. The van der Waals surface area contributed by atoms with Crippen molar-refractivity contribution in [2.24, 2.45) is 0 Å². The first-order chi connectivity index (χ1) is 15.4. The zero-order valence-electron chi connectivity index (χ0n) is 17.4. The molecule has 4 N–H and O–H groups in total. The monoisotopic (exact) mass is 474 g/mol. The number of anilines is 1. The van der Waals surface area contributed by atoms with Crippen LogP contribution in [0.3, 0.4) is 0 Å². The molecular weight excluding hydrogens is 451 g/mol. The van der Waals surface area contributed by atoms with Gasteiger partial charge in [0.05, 0.1) is 42.2 Å². The molecule has 0 spiro atoms. The van der Waals surface area contributed by atoms with Gasteiger partial charge in [-0.25, -0.2) is 9.97 Å². The zero-order chi connectivity index (χ0) is 23.1. The van der Waals surface area contributed by atoms with Crippen molar-refractivity contribution in [2.45, 2.75) is 25.4 Å². The molecule has 0 radical (unpaired) electrons. The largest absolute Gasteiger partial charge is 0.394 e. The van der Waals surface area contributed by atoms with Crippen LogP contribution < -0.4 is 10.6 Å². The molecule has 0 aliphatic heterocycles. The van der Waals surface area contributed by atoms with Crippen molar-refractivity contribution in [2.75, 3.05) is 18.5 Å². The number of carbonyl (C=O) groups is 1. The van der Waals surface area contributed by atoms with E-state index in [0.717, 1.165) is 0 Å². The van der Waals surface area contributed by atoms with Gasteiger partial charge >= 0.3 is 0 Å². The molecule has 7 nitrogen and oxygen atoms in total. The third-order valence-electron chi connectivity index (χ3n) is 4.95. The molecule has 1 heterocycles. The number of hydrogen-bond donors (Lipinski definition) is 4. The summed E-state index contributed by atoms with van der Waals surface area (Å²) >= 11 is 12.3. The first-order valence-corrected chi connectivity index (χ1v) is 10.9. The predicted molar refractivity (Wildman–Crippen MR) is 126 cm³/mol. The molecule has 2 atom stereocenters. The minimum absolute atomic E-state index is 0.0361. The van der Waals surface area contributed by atoms with Crippen LogP contribution in [-0.2, 0) is 0 Å². The number of amides is 1. The molecular formula is C23H24Cl2N4O3. The Morgan fingerprint density at radius 3 is 2.47 bits per heavy atom. The highest BCUT2D eigenvalue weighted by Gasteiger charge is 2.16. The van der Waals surface area contributed by atoms with E-state index in [0.29, 0.717) is 44.8 Å². The van der Waals surface area contributed by atoms with Crippen LogP contribution in [0.4, 0.5) is 5.95 Å². The summed E-state index contributed by atoms with van der Waals surface area (Å²) in [6, 6.07) is 13.0. The quantitative estimate of drug-likeness (QED) is 0.371. The molecule has 3 aromatic rings. The van der Waals surface area contributed by atoms with Crippen molar-refractivity contribution in [1.82, 2.24) is 15.3 Å². The Bertz CT molecular complexity index is 1060. The summed E-state index contributed by atoms with van der Waals surface area (Å²) in [4.78, 5) is 21.3. The summed E-state index contributed by atoms with van der Waals surface area (Å²) in [6.07, 6.45) is 2.21. The molecule has 3 rings (SSSR count). The lowest BCUT2D eigenvalue weighted by Gasteiger charge is -2.17. The molecule has 2 aromatic carbocycles. The van der Waals surface area contributed by atoms with E-state index >= 15 is 0 Å². The Morgan fingerprint density at radius 1 is 1.09 bits per heavy atom. The van der Waals surface area contributed by atoms with Gasteiger partial charge in [-0.2, -0.15) is 0 Å². The first-order valence-electron chi connectivity index (χ1n) is 10.1. The summed E-state index contributed by atoms with van der Waals surface area (Å²) in [6.45, 7) is 1.65. The van der Waals surface area contributed by atoms with E-state index in [1.165, 1.54) is 6.20 Å². The van der Waals surface area contributed by atoms with Crippen LogP contribution >= 0.6 is 23.2 Å². The SMILES string of the molecule is CCC(CO)Nc1ncc(Cl)c(-c2ccc(C(=O)NC(CO)c3cccc(Cl)c3)cc2)n1. The van der Waals surface area contributed by atoms with Gasteiger partial charge in [-0.3, -0.25) is 4.79 Å². The van der Waals surface area contributed by atoms with Crippen molar-refractivity contribution < 1.29 is 15.0 Å². The maximum Gasteiger partial charge on any atom is 0.251 e. The van der Waals surface area contributed by atoms with Crippen LogP contribution in [0.2, 0.25) is 10.0 Å². The number of nitrogens with zero attached hydrogens (tertiary/aromatic N) is 2. The Hall–Kier alpha value is -2.71. The summed E-state index contributed by atoms with van der Waals surface area (Å²) in [5.74, 6) is 0.0277. The lowest BCUT2D eigenvalue weighted by Crippen LogP contribution is -2.30. The number of aliphatic hydroxyl groups is 2. The van der Waals surface area contributed by atoms with Crippen molar-refractivity contribution in [3.63, 3.8) is 0 Å². The fourth-order valence-electron chi connectivity index (χ4n) is 3.08. The highest BCUT2D eigenvalue weighted by molar-refractivity contribution is 6.33. The molecule has 0 aliphatic carbocycles. The smallest absolute Gasteiger partial charge is 0.251 e. The van der Waals surface area contributed by atoms with Gasteiger partial charge in [0.25, 0.3) is 5.91 Å². The van der Waals surface area contributed by atoms with E-state index in [4.69, 9.17) is 23.2 Å². The number of nitrogens with one attached hydrogen (secondary N) is 2. The van der Waals surface area contributed by atoms with Crippen LogP contribution in [0, 0.1) is 0 Å². The highest BCUT2D eigenvalue weighted by Crippen LogP contribution is 2.27. The molecule has 1 aromatic heterocycles. The lowest BCUT2D eigenvalue weighted by atomic mass is 10.1. The molecule has 0 saturated heterocycles. The predicted octanol–water partition coefficient (Wildman–Crippen LogP) is 4.10. The molecule has 2 unspecified atom stereocenters. The second-order valence-corrected chi connectivity index (χ2v) is 8.01. The van der Waals surface area contributed by atoms with Crippen LogP contribution in [0.15, 0.2) is 54.7 Å². The summed E-state index contributed by atoms with van der Waals surface area (Å²) in [5, 5.41) is 25.8. The minimum atomic E-state index is -0.580. The molecule has 0 saturated carbocycles. The van der Waals surface area contributed by atoms with Crippen LogP contribution in [0.1, 0.15) is 35.3 Å². The number of carbonyl (C=O) groups excluding carboxylic acids is 1. The standard InChI is InChI=1S/C23H24Cl2N4O3/c1-2-18(12-30)27-23-26-11-19(25)21(29-23)14-6-8-15(9-7-14)22(32)28-20(13-31)16-4-3-5-17(24)10-16/h3-11,18,20,30-31H,2,12-13H2,1H3,(H,28,32)(H,26,27,29). The van der Waals surface area contributed by atoms with Crippen molar-refractivity contribution in [3.8, 4) is 11.3 Å². The number of benzene rings is 2. The third kappa shape index (κ3) is 5.95. The van der Waals surface area contributed by atoms with Gasteiger partial charge in [0, 0.05) is 16.1 Å². The van der Waals surface area contributed by atoms with E-state index in [1.807, 2.05) is 6.92 Å². The van der Waals surface area contributed by atoms with Gasteiger partial charge in [-0.15, -0.1) is 0 Å². The van der Waals surface area contributed by atoms with Crippen molar-refractivity contribution in [1.29, 1.82) is 0 Å². The minimum Gasteiger partial charge on any atom is -0.394 e. The molecule has 0 aliphatic rings. The van der Waals surface area contributed by atoms with Gasteiger partial charge < -0.3 is 20.8 Å². The highest BCUT2D eigenvalue weighted by atomic mass is 35.5. The fourth-order valence-corrected chi connectivity index (χ4v) is 3.48. The van der Waals surface area contributed by atoms with Crippen LogP contribution in [0.25, 0.3) is 11.3 Å². The van der Waals surface area contributed by atoms with Gasteiger partial charge in [0.2, 0.25) is 5.95 Å². The Morgan fingerprint density at radius 2 is 1.84 bits per heavy atom. The summed E-state index contributed by atoms with van der Waals surface area (Å²) < 4.78 is 0. The number of rotatable bonds is 9. The molecule has 0 fully saturated rings. The molecule has 1 amide bonds. The third-order valence-corrected chi connectivity index (χ3v) is 5.46. The van der Waals surface area contributed by atoms with Gasteiger partial charge in [0.1, 0.15) is 0 Å². The number of aliphatic hydroxyl groups excluding tert-OH is 2. The van der Waals surface area contributed by atoms with Gasteiger partial charge in [-0.1, -0.05) is 54.4 Å². The second kappa shape index (κ2) is 11.2. The van der Waals surface area contributed by atoms with E-state index in [1.54, 1.807) is 48.5 Å². The van der Waals surface area contributed by atoms with E-state index in [-0.39, 0.29) is 25.2 Å². The molecule has 32 heavy (non-hydrogen) atoms. The topological polar surface area (TPSA) is 107 Å². The first kappa shape index (κ1) is 23.9.